The highest BCUT2D eigenvalue weighted by Gasteiger charge is 2.14. The van der Waals surface area contributed by atoms with Crippen LogP contribution in [0.4, 0.5) is 0 Å². The summed E-state index contributed by atoms with van der Waals surface area (Å²) in [7, 11) is 0. The molecule has 1 amide bonds. The van der Waals surface area contributed by atoms with Crippen molar-refractivity contribution in [2.75, 3.05) is 6.54 Å². The summed E-state index contributed by atoms with van der Waals surface area (Å²) in [4.78, 5) is 15.4. The summed E-state index contributed by atoms with van der Waals surface area (Å²) in [5, 5.41) is 4.68. The quantitative estimate of drug-likeness (QED) is 0.712. The van der Waals surface area contributed by atoms with Gasteiger partial charge >= 0.3 is 0 Å². The van der Waals surface area contributed by atoms with Crippen LogP contribution in [0, 0.1) is 0 Å². The van der Waals surface area contributed by atoms with Crippen molar-refractivity contribution < 1.29 is 9.53 Å². The van der Waals surface area contributed by atoms with Crippen LogP contribution in [0.15, 0.2) is 54.7 Å². The Kier molecular flexibility index (Phi) is 5.06. The van der Waals surface area contributed by atoms with Crippen LogP contribution in [0.5, 0.6) is 5.75 Å². The van der Waals surface area contributed by atoms with E-state index in [1.807, 2.05) is 24.4 Å². The van der Waals surface area contributed by atoms with Crippen molar-refractivity contribution in [1.82, 2.24) is 10.3 Å². The van der Waals surface area contributed by atoms with Crippen LogP contribution in [0.1, 0.15) is 12.5 Å². The minimum Gasteiger partial charge on any atom is -0.481 e. The zero-order valence-corrected chi connectivity index (χ0v) is 14.1. The Hall–Kier alpha value is -2.46. The lowest BCUT2D eigenvalue weighted by atomic mass is 10.1. The molecular formula is C19H19ClN2O2. The molecule has 2 aromatic carbocycles. The van der Waals surface area contributed by atoms with Crippen LogP contribution in [-0.2, 0) is 11.2 Å². The van der Waals surface area contributed by atoms with Crippen LogP contribution in [-0.4, -0.2) is 23.5 Å². The van der Waals surface area contributed by atoms with E-state index in [1.54, 1.807) is 31.2 Å². The number of hydrogen-bond donors (Lipinski definition) is 2. The van der Waals surface area contributed by atoms with Crippen molar-refractivity contribution in [1.29, 1.82) is 0 Å². The number of amides is 1. The van der Waals surface area contributed by atoms with Crippen molar-refractivity contribution in [3.05, 3.63) is 65.3 Å². The maximum Gasteiger partial charge on any atom is 0.260 e. The summed E-state index contributed by atoms with van der Waals surface area (Å²) in [5.74, 6) is 0.441. The van der Waals surface area contributed by atoms with Gasteiger partial charge in [0, 0.05) is 28.7 Å². The van der Waals surface area contributed by atoms with E-state index < -0.39 is 6.10 Å². The van der Waals surface area contributed by atoms with Gasteiger partial charge in [-0.2, -0.15) is 0 Å². The van der Waals surface area contributed by atoms with Crippen LogP contribution >= 0.6 is 11.6 Å². The number of carbonyl (C=O) groups excluding carboxylic acids is 1. The van der Waals surface area contributed by atoms with Crippen molar-refractivity contribution in [3.63, 3.8) is 0 Å². The van der Waals surface area contributed by atoms with Gasteiger partial charge in [-0.05, 0) is 43.2 Å². The molecule has 0 saturated heterocycles. The lowest BCUT2D eigenvalue weighted by Gasteiger charge is -2.14. The average Bonchev–Trinajstić information content (AvgIpc) is 2.98. The van der Waals surface area contributed by atoms with Gasteiger partial charge in [0.25, 0.3) is 5.91 Å². The number of para-hydroxylation sites is 1. The number of carbonyl (C=O) groups is 1. The zero-order chi connectivity index (χ0) is 16.9. The van der Waals surface area contributed by atoms with Gasteiger partial charge in [-0.15, -0.1) is 0 Å². The second-order valence-corrected chi connectivity index (χ2v) is 6.05. The normalized spacial score (nSPS) is 12.1. The lowest BCUT2D eigenvalue weighted by Crippen LogP contribution is -2.37. The maximum atomic E-state index is 12.1. The van der Waals surface area contributed by atoms with E-state index in [9.17, 15) is 4.79 Å². The second-order valence-electron chi connectivity index (χ2n) is 5.62. The van der Waals surface area contributed by atoms with E-state index in [0.717, 1.165) is 11.9 Å². The number of aromatic nitrogens is 1. The number of halogens is 1. The fourth-order valence-corrected chi connectivity index (χ4v) is 2.78. The Labute approximate surface area is 145 Å². The van der Waals surface area contributed by atoms with Crippen molar-refractivity contribution in [2.24, 2.45) is 0 Å². The molecule has 124 valence electrons. The third kappa shape index (κ3) is 3.89. The minimum atomic E-state index is -0.577. The molecule has 2 N–H and O–H groups in total. The Morgan fingerprint density at radius 2 is 2.08 bits per heavy atom. The zero-order valence-electron chi connectivity index (χ0n) is 13.4. The molecule has 0 aliphatic heterocycles. The third-order valence-electron chi connectivity index (χ3n) is 3.85. The summed E-state index contributed by atoms with van der Waals surface area (Å²) in [5.41, 5.74) is 2.30. The molecule has 1 atom stereocenters. The molecule has 5 heteroatoms. The summed E-state index contributed by atoms with van der Waals surface area (Å²) < 4.78 is 5.61. The first kappa shape index (κ1) is 16.4. The number of nitrogens with one attached hydrogen (secondary N) is 2. The van der Waals surface area contributed by atoms with Crippen LogP contribution < -0.4 is 10.1 Å². The first-order valence-electron chi connectivity index (χ1n) is 7.88. The predicted octanol–water partition coefficient (Wildman–Crippen LogP) is 3.95. The lowest BCUT2D eigenvalue weighted by molar-refractivity contribution is -0.127. The van der Waals surface area contributed by atoms with Gasteiger partial charge in [0.1, 0.15) is 5.75 Å². The number of hydrogen-bond acceptors (Lipinski definition) is 2. The number of aromatic amines is 1. The Morgan fingerprint density at radius 3 is 2.92 bits per heavy atom. The highest BCUT2D eigenvalue weighted by Crippen LogP contribution is 2.19. The molecule has 4 nitrogen and oxygen atoms in total. The van der Waals surface area contributed by atoms with E-state index in [0.29, 0.717) is 17.3 Å². The number of fused-ring (bicyclic) bond motifs is 1. The van der Waals surface area contributed by atoms with Gasteiger partial charge in [-0.25, -0.2) is 0 Å². The molecule has 0 unspecified atom stereocenters. The summed E-state index contributed by atoms with van der Waals surface area (Å²) >= 11 is 5.91. The van der Waals surface area contributed by atoms with Crippen LogP contribution in [0.25, 0.3) is 10.9 Å². The Bertz CT molecular complexity index is 844. The highest BCUT2D eigenvalue weighted by molar-refractivity contribution is 6.30. The highest BCUT2D eigenvalue weighted by atomic mass is 35.5. The SMILES string of the molecule is C[C@H](Oc1cccc(Cl)c1)C(=O)NCCc1c[nH]c2ccccc12. The van der Waals surface area contributed by atoms with E-state index >= 15 is 0 Å². The number of rotatable bonds is 6. The summed E-state index contributed by atoms with van der Waals surface area (Å²) in [6.07, 6.45) is 2.17. The van der Waals surface area contributed by atoms with E-state index in [1.165, 1.54) is 10.9 Å². The molecule has 1 aromatic heterocycles. The average molecular weight is 343 g/mol. The number of ether oxygens (including phenoxy) is 1. The smallest absolute Gasteiger partial charge is 0.260 e. The summed E-state index contributed by atoms with van der Waals surface area (Å²) in [6, 6.07) is 15.2. The van der Waals surface area contributed by atoms with Crippen molar-refractivity contribution >= 4 is 28.4 Å². The molecule has 0 spiro atoms. The van der Waals surface area contributed by atoms with Gasteiger partial charge in [-0.1, -0.05) is 35.9 Å². The fourth-order valence-electron chi connectivity index (χ4n) is 2.60. The standard InChI is InChI=1S/C19H19ClN2O2/c1-13(24-16-6-4-5-15(20)11-16)19(23)21-10-9-14-12-22-18-8-3-2-7-17(14)18/h2-8,11-13,22H,9-10H2,1H3,(H,21,23)/t13-/m0/s1. The molecule has 3 aromatic rings. The molecule has 0 radical (unpaired) electrons. The topological polar surface area (TPSA) is 54.1 Å². The first-order chi connectivity index (χ1) is 11.6. The Balaban J connectivity index is 1.51. The van der Waals surface area contributed by atoms with E-state index in [4.69, 9.17) is 16.3 Å². The summed E-state index contributed by atoms with van der Waals surface area (Å²) in [6.45, 7) is 2.28. The van der Waals surface area contributed by atoms with E-state index in [2.05, 4.69) is 16.4 Å². The maximum absolute atomic E-state index is 12.1. The molecule has 24 heavy (non-hydrogen) atoms. The fraction of sp³-hybridized carbons (Fsp3) is 0.211. The van der Waals surface area contributed by atoms with Crippen molar-refractivity contribution in [2.45, 2.75) is 19.4 Å². The molecule has 0 bridgehead atoms. The van der Waals surface area contributed by atoms with Gasteiger partial charge in [0.2, 0.25) is 0 Å². The van der Waals surface area contributed by atoms with Crippen LogP contribution in [0.2, 0.25) is 5.02 Å². The molecule has 0 aliphatic carbocycles. The molecule has 1 heterocycles. The molecule has 0 fully saturated rings. The van der Waals surface area contributed by atoms with Gasteiger partial charge in [-0.3, -0.25) is 4.79 Å². The van der Waals surface area contributed by atoms with Crippen molar-refractivity contribution in [3.8, 4) is 5.75 Å². The van der Waals surface area contributed by atoms with Gasteiger partial charge < -0.3 is 15.0 Å². The van der Waals surface area contributed by atoms with Gasteiger partial charge in [0.15, 0.2) is 6.10 Å². The minimum absolute atomic E-state index is 0.144. The number of benzene rings is 2. The predicted molar refractivity (Wildman–Crippen MR) is 96.6 cm³/mol. The van der Waals surface area contributed by atoms with E-state index in [-0.39, 0.29) is 5.91 Å². The monoisotopic (exact) mass is 342 g/mol. The van der Waals surface area contributed by atoms with Gasteiger partial charge in [0.05, 0.1) is 0 Å². The largest absolute Gasteiger partial charge is 0.481 e. The Morgan fingerprint density at radius 1 is 1.25 bits per heavy atom. The molecule has 0 saturated carbocycles. The molecular weight excluding hydrogens is 324 g/mol. The molecule has 3 rings (SSSR count). The second kappa shape index (κ2) is 7.41. The third-order valence-corrected chi connectivity index (χ3v) is 4.08. The first-order valence-corrected chi connectivity index (χ1v) is 8.26. The van der Waals surface area contributed by atoms with Crippen LogP contribution in [0.3, 0.4) is 0 Å². The molecule has 0 aliphatic rings. The number of H-pyrrole nitrogens is 1.